The molecule has 0 saturated heterocycles. The summed E-state index contributed by atoms with van der Waals surface area (Å²) in [5, 5.41) is 15.1. The van der Waals surface area contributed by atoms with E-state index in [2.05, 4.69) is 15.5 Å². The summed E-state index contributed by atoms with van der Waals surface area (Å²) >= 11 is 0. The number of carbonyl (C=O) groups is 2. The highest BCUT2D eigenvalue weighted by molar-refractivity contribution is 5.76. The van der Waals surface area contributed by atoms with Crippen molar-refractivity contribution in [2.75, 3.05) is 6.54 Å². The molecule has 7 nitrogen and oxygen atoms in total. The molecule has 2 aromatic rings. The van der Waals surface area contributed by atoms with Crippen molar-refractivity contribution in [1.29, 1.82) is 0 Å². The number of carboxylic acids is 1. The van der Waals surface area contributed by atoms with Gasteiger partial charge in [-0.1, -0.05) is 24.2 Å². The Balaban J connectivity index is 1.84. The highest BCUT2D eigenvalue weighted by Gasteiger charge is 2.13. The molecule has 25 heavy (non-hydrogen) atoms. The molecule has 1 amide bonds. The van der Waals surface area contributed by atoms with Crippen molar-refractivity contribution in [2.45, 2.75) is 33.1 Å². The molecule has 1 heterocycles. The molecule has 0 aliphatic rings. The van der Waals surface area contributed by atoms with Gasteiger partial charge in [0.25, 0.3) is 0 Å². The van der Waals surface area contributed by atoms with Gasteiger partial charge in [0.1, 0.15) is 5.82 Å². The van der Waals surface area contributed by atoms with Crippen molar-refractivity contribution >= 4 is 11.9 Å². The fourth-order valence-corrected chi connectivity index (χ4v) is 2.17. The lowest BCUT2D eigenvalue weighted by molar-refractivity contribution is -0.138. The number of rotatable bonds is 8. The van der Waals surface area contributed by atoms with E-state index >= 15 is 0 Å². The molecular formula is C17H20FN3O4. The number of carboxylic acid groups (broad SMARTS) is 1. The third kappa shape index (κ3) is 5.66. The number of aryl methyl sites for hydroxylation is 2. The molecule has 1 atom stereocenters. The van der Waals surface area contributed by atoms with Gasteiger partial charge < -0.3 is 14.9 Å². The van der Waals surface area contributed by atoms with E-state index in [1.165, 1.54) is 6.07 Å². The zero-order valence-corrected chi connectivity index (χ0v) is 14.1. The van der Waals surface area contributed by atoms with Gasteiger partial charge in [0, 0.05) is 31.4 Å². The van der Waals surface area contributed by atoms with E-state index in [0.717, 1.165) is 0 Å². The third-order valence-corrected chi connectivity index (χ3v) is 3.63. The number of benzene rings is 1. The number of halogens is 1. The van der Waals surface area contributed by atoms with E-state index in [9.17, 15) is 14.0 Å². The van der Waals surface area contributed by atoms with Gasteiger partial charge in [0.15, 0.2) is 0 Å². The molecule has 0 aliphatic carbocycles. The number of aromatic nitrogens is 2. The Kier molecular flexibility index (Phi) is 6.21. The van der Waals surface area contributed by atoms with Crippen molar-refractivity contribution in [3.63, 3.8) is 0 Å². The molecule has 0 fully saturated rings. The first kappa shape index (κ1) is 18.6. The minimum atomic E-state index is -0.896. The van der Waals surface area contributed by atoms with Crippen LogP contribution in [-0.4, -0.2) is 33.7 Å². The second kappa shape index (κ2) is 8.36. The average Bonchev–Trinajstić information content (AvgIpc) is 3.02. The van der Waals surface area contributed by atoms with Crippen LogP contribution in [0.5, 0.6) is 0 Å². The lowest BCUT2D eigenvalue weighted by atomic mass is 10.1. The van der Waals surface area contributed by atoms with Crippen LogP contribution in [0.4, 0.5) is 4.39 Å². The number of carbonyl (C=O) groups excluding carboxylic acids is 1. The maximum absolute atomic E-state index is 13.6. The minimum absolute atomic E-state index is 0.000406. The molecule has 1 aromatic heterocycles. The Morgan fingerprint density at radius 1 is 1.40 bits per heavy atom. The first-order valence-electron chi connectivity index (χ1n) is 7.92. The molecule has 1 unspecified atom stereocenters. The highest BCUT2D eigenvalue weighted by Crippen LogP contribution is 2.19. The third-order valence-electron chi connectivity index (χ3n) is 3.63. The van der Waals surface area contributed by atoms with Crippen molar-refractivity contribution in [3.05, 3.63) is 35.5 Å². The minimum Gasteiger partial charge on any atom is -0.481 e. The van der Waals surface area contributed by atoms with Gasteiger partial charge in [-0.05, 0) is 24.5 Å². The van der Waals surface area contributed by atoms with Crippen molar-refractivity contribution in [2.24, 2.45) is 5.92 Å². The molecule has 0 aliphatic heterocycles. The second-order valence-electron chi connectivity index (χ2n) is 5.98. The fraction of sp³-hybridized carbons (Fsp3) is 0.412. The number of aliphatic carboxylic acids is 1. The molecule has 0 saturated carbocycles. The van der Waals surface area contributed by atoms with Crippen LogP contribution < -0.4 is 5.32 Å². The molecule has 134 valence electrons. The van der Waals surface area contributed by atoms with Crippen molar-refractivity contribution in [1.82, 2.24) is 15.5 Å². The second-order valence-corrected chi connectivity index (χ2v) is 5.98. The monoisotopic (exact) mass is 349 g/mol. The first-order chi connectivity index (χ1) is 11.8. The predicted octanol–water partition coefficient (Wildman–Crippen LogP) is 2.34. The summed E-state index contributed by atoms with van der Waals surface area (Å²) in [5.74, 6) is -1.06. The van der Waals surface area contributed by atoms with Crippen molar-refractivity contribution in [3.8, 4) is 11.4 Å². The Labute approximate surface area is 144 Å². The lowest BCUT2D eigenvalue weighted by Crippen LogP contribution is -2.29. The van der Waals surface area contributed by atoms with E-state index in [-0.39, 0.29) is 48.6 Å². The number of amides is 1. The Morgan fingerprint density at radius 3 is 2.84 bits per heavy atom. The van der Waals surface area contributed by atoms with Crippen LogP contribution in [0.1, 0.15) is 31.2 Å². The largest absolute Gasteiger partial charge is 0.481 e. The molecule has 1 aromatic carbocycles. The average molecular weight is 349 g/mol. The van der Waals surface area contributed by atoms with E-state index in [1.807, 2.05) is 0 Å². The summed E-state index contributed by atoms with van der Waals surface area (Å²) in [6, 6.07) is 4.66. The van der Waals surface area contributed by atoms with E-state index in [4.69, 9.17) is 9.63 Å². The maximum atomic E-state index is 13.6. The van der Waals surface area contributed by atoms with Crippen molar-refractivity contribution < 1.29 is 23.6 Å². The summed E-state index contributed by atoms with van der Waals surface area (Å²) in [5.41, 5.74) is 1.03. The molecule has 0 spiro atoms. The standard InChI is InChI=1S/C17H20FN3O4/c1-10(7-16(23)24)9-19-14(22)5-6-15-20-17(21-25-15)12-4-3-11(2)13(18)8-12/h3-4,8,10H,5-7,9H2,1-2H3,(H,19,22)(H,23,24). The number of nitrogens with zero attached hydrogens (tertiary/aromatic N) is 2. The molecular weight excluding hydrogens is 329 g/mol. The zero-order valence-electron chi connectivity index (χ0n) is 14.1. The van der Waals surface area contributed by atoms with Crippen LogP contribution in [0.15, 0.2) is 22.7 Å². The quantitative estimate of drug-likeness (QED) is 0.758. The molecule has 2 N–H and O–H groups in total. The van der Waals surface area contributed by atoms with Gasteiger partial charge in [-0.25, -0.2) is 4.39 Å². The van der Waals surface area contributed by atoms with E-state index in [1.54, 1.807) is 26.0 Å². The number of hydrogen-bond acceptors (Lipinski definition) is 5. The number of nitrogens with one attached hydrogen (secondary N) is 1. The van der Waals surface area contributed by atoms with E-state index in [0.29, 0.717) is 17.7 Å². The van der Waals surface area contributed by atoms with Crippen LogP contribution in [-0.2, 0) is 16.0 Å². The number of hydrogen-bond donors (Lipinski definition) is 2. The topological polar surface area (TPSA) is 105 Å². The lowest BCUT2D eigenvalue weighted by Gasteiger charge is -2.09. The normalized spacial score (nSPS) is 12.0. The molecule has 0 bridgehead atoms. The van der Waals surface area contributed by atoms with Gasteiger partial charge >= 0.3 is 5.97 Å². The summed E-state index contributed by atoms with van der Waals surface area (Å²) < 4.78 is 18.7. The highest BCUT2D eigenvalue weighted by atomic mass is 19.1. The van der Waals surface area contributed by atoms with Gasteiger partial charge in [-0.3, -0.25) is 9.59 Å². The van der Waals surface area contributed by atoms with Gasteiger partial charge in [-0.2, -0.15) is 4.98 Å². The molecule has 2 rings (SSSR count). The first-order valence-corrected chi connectivity index (χ1v) is 7.92. The Bertz CT molecular complexity index is 760. The van der Waals surface area contributed by atoms with Gasteiger partial charge in [0.2, 0.25) is 17.6 Å². The molecule has 0 radical (unpaired) electrons. The van der Waals surface area contributed by atoms with Crippen LogP contribution in [0.3, 0.4) is 0 Å². The summed E-state index contributed by atoms with van der Waals surface area (Å²) in [6.45, 7) is 3.71. The smallest absolute Gasteiger partial charge is 0.303 e. The van der Waals surface area contributed by atoms with Crippen LogP contribution in [0.2, 0.25) is 0 Å². The van der Waals surface area contributed by atoms with Crippen LogP contribution in [0.25, 0.3) is 11.4 Å². The van der Waals surface area contributed by atoms with Crippen LogP contribution in [0, 0.1) is 18.7 Å². The van der Waals surface area contributed by atoms with E-state index < -0.39 is 5.97 Å². The molecule has 8 heteroatoms. The summed E-state index contributed by atoms with van der Waals surface area (Å²) in [4.78, 5) is 26.5. The SMILES string of the molecule is Cc1ccc(-c2noc(CCC(=O)NCC(C)CC(=O)O)n2)cc1F. The summed E-state index contributed by atoms with van der Waals surface area (Å²) in [6.07, 6.45) is 0.393. The van der Waals surface area contributed by atoms with Gasteiger partial charge in [0.05, 0.1) is 0 Å². The Hall–Kier alpha value is -2.77. The Morgan fingerprint density at radius 2 is 2.16 bits per heavy atom. The fourth-order valence-electron chi connectivity index (χ4n) is 2.17. The maximum Gasteiger partial charge on any atom is 0.303 e. The summed E-state index contributed by atoms with van der Waals surface area (Å²) in [7, 11) is 0. The van der Waals surface area contributed by atoms with Gasteiger partial charge in [-0.15, -0.1) is 0 Å². The zero-order chi connectivity index (χ0) is 18.4. The van der Waals surface area contributed by atoms with Crippen LogP contribution >= 0.6 is 0 Å². The predicted molar refractivity (Wildman–Crippen MR) is 87.2 cm³/mol.